The molecule has 0 spiro atoms. The monoisotopic (exact) mass is 457 g/mol. The third kappa shape index (κ3) is 5.65. The number of hydrogen-bond acceptors (Lipinski definition) is 6. The SMILES string of the molecule is O=C(CSc1ccc(N2CCN(c3ccc(F)cc3)CC2)nn1)Nc1ccccc1Cl. The molecule has 3 aromatic rings. The lowest BCUT2D eigenvalue weighted by Crippen LogP contribution is -2.46. The quantitative estimate of drug-likeness (QED) is 0.556. The van der Waals surface area contributed by atoms with Gasteiger partial charge in [0, 0.05) is 31.9 Å². The maximum atomic E-state index is 13.1. The number of carbonyl (C=O) groups excluding carboxylic acids is 1. The van der Waals surface area contributed by atoms with Gasteiger partial charge in [-0.1, -0.05) is 35.5 Å². The number of halogens is 2. The van der Waals surface area contributed by atoms with Gasteiger partial charge in [-0.25, -0.2) is 4.39 Å². The first-order chi connectivity index (χ1) is 15.1. The van der Waals surface area contributed by atoms with Crippen molar-refractivity contribution >= 4 is 46.5 Å². The van der Waals surface area contributed by atoms with Crippen molar-refractivity contribution in [3.05, 3.63) is 71.5 Å². The van der Waals surface area contributed by atoms with E-state index < -0.39 is 0 Å². The van der Waals surface area contributed by atoms with Crippen LogP contribution in [0.5, 0.6) is 0 Å². The number of nitrogens with one attached hydrogen (secondary N) is 1. The van der Waals surface area contributed by atoms with Gasteiger partial charge in [-0.15, -0.1) is 10.2 Å². The van der Waals surface area contributed by atoms with Gasteiger partial charge >= 0.3 is 0 Å². The predicted molar refractivity (Wildman–Crippen MR) is 124 cm³/mol. The lowest BCUT2D eigenvalue weighted by Gasteiger charge is -2.36. The molecule has 2 heterocycles. The fraction of sp³-hybridized carbons (Fsp3) is 0.227. The van der Waals surface area contributed by atoms with Crippen LogP contribution in [0.25, 0.3) is 0 Å². The van der Waals surface area contributed by atoms with E-state index in [1.54, 1.807) is 24.3 Å². The van der Waals surface area contributed by atoms with E-state index in [0.29, 0.717) is 15.7 Å². The predicted octanol–water partition coefficient (Wildman–Crippen LogP) is 4.33. The minimum absolute atomic E-state index is 0.152. The molecule has 1 aliphatic rings. The lowest BCUT2D eigenvalue weighted by molar-refractivity contribution is -0.113. The van der Waals surface area contributed by atoms with Gasteiger partial charge in [-0.05, 0) is 48.5 Å². The van der Waals surface area contributed by atoms with Crippen LogP contribution in [0.15, 0.2) is 65.7 Å². The number of aromatic nitrogens is 2. The van der Waals surface area contributed by atoms with Crippen LogP contribution in [-0.2, 0) is 4.79 Å². The van der Waals surface area contributed by atoms with E-state index in [4.69, 9.17) is 11.6 Å². The van der Waals surface area contributed by atoms with Crippen molar-refractivity contribution in [3.63, 3.8) is 0 Å². The summed E-state index contributed by atoms with van der Waals surface area (Å²) in [7, 11) is 0. The zero-order chi connectivity index (χ0) is 21.6. The van der Waals surface area contributed by atoms with E-state index in [9.17, 15) is 9.18 Å². The first-order valence-electron chi connectivity index (χ1n) is 9.85. The molecule has 31 heavy (non-hydrogen) atoms. The highest BCUT2D eigenvalue weighted by Gasteiger charge is 2.19. The summed E-state index contributed by atoms with van der Waals surface area (Å²) in [5.41, 5.74) is 1.62. The Morgan fingerprint density at radius 2 is 1.68 bits per heavy atom. The topological polar surface area (TPSA) is 61.4 Å². The van der Waals surface area contributed by atoms with Crippen molar-refractivity contribution in [1.29, 1.82) is 0 Å². The van der Waals surface area contributed by atoms with Crippen LogP contribution in [0.2, 0.25) is 5.02 Å². The smallest absolute Gasteiger partial charge is 0.234 e. The second-order valence-corrected chi connectivity index (χ2v) is 8.40. The Morgan fingerprint density at radius 3 is 2.35 bits per heavy atom. The second-order valence-electron chi connectivity index (χ2n) is 7.00. The standard InChI is InChI=1S/C22H21ClFN5OS/c23-18-3-1-2-4-19(18)25-21(30)15-31-22-10-9-20(26-27-22)29-13-11-28(12-14-29)17-7-5-16(24)6-8-17/h1-10H,11-15H2,(H,25,30). The second kappa shape index (κ2) is 9.98. The van der Waals surface area contributed by atoms with Crippen molar-refractivity contribution in [3.8, 4) is 0 Å². The molecule has 1 fully saturated rings. The molecule has 1 amide bonds. The van der Waals surface area contributed by atoms with Gasteiger partial charge in [0.1, 0.15) is 10.8 Å². The van der Waals surface area contributed by atoms with E-state index in [2.05, 4.69) is 25.3 Å². The zero-order valence-electron chi connectivity index (χ0n) is 16.7. The van der Waals surface area contributed by atoms with Crippen LogP contribution in [0.1, 0.15) is 0 Å². The highest BCUT2D eigenvalue weighted by molar-refractivity contribution is 7.99. The molecule has 0 aliphatic carbocycles. The summed E-state index contributed by atoms with van der Waals surface area (Å²) in [6, 6.07) is 17.5. The molecule has 160 valence electrons. The van der Waals surface area contributed by atoms with Crippen molar-refractivity contribution in [2.45, 2.75) is 5.03 Å². The molecule has 0 radical (unpaired) electrons. The third-order valence-corrected chi connectivity index (χ3v) is 6.17. The first kappa shape index (κ1) is 21.4. The van der Waals surface area contributed by atoms with Crippen LogP contribution in [0.3, 0.4) is 0 Å². The summed E-state index contributed by atoms with van der Waals surface area (Å²) in [6.45, 7) is 3.26. The molecule has 1 saturated heterocycles. The molecule has 1 aliphatic heterocycles. The molecule has 0 bridgehead atoms. The van der Waals surface area contributed by atoms with Crippen molar-refractivity contribution < 1.29 is 9.18 Å². The Morgan fingerprint density at radius 1 is 0.968 bits per heavy atom. The van der Waals surface area contributed by atoms with E-state index in [-0.39, 0.29) is 17.5 Å². The zero-order valence-corrected chi connectivity index (χ0v) is 18.2. The molecule has 1 aromatic heterocycles. The summed E-state index contributed by atoms with van der Waals surface area (Å²) in [6.07, 6.45) is 0. The van der Waals surface area contributed by atoms with E-state index >= 15 is 0 Å². The molecule has 4 rings (SSSR count). The number of rotatable bonds is 6. The summed E-state index contributed by atoms with van der Waals surface area (Å²) < 4.78 is 13.1. The van der Waals surface area contributed by atoms with Crippen LogP contribution in [0.4, 0.5) is 21.6 Å². The Kier molecular flexibility index (Phi) is 6.89. The minimum Gasteiger partial charge on any atom is -0.368 e. The summed E-state index contributed by atoms with van der Waals surface area (Å²) in [4.78, 5) is 16.5. The lowest BCUT2D eigenvalue weighted by atomic mass is 10.2. The summed E-state index contributed by atoms with van der Waals surface area (Å²) >= 11 is 7.38. The summed E-state index contributed by atoms with van der Waals surface area (Å²) in [5.74, 6) is 0.650. The fourth-order valence-corrected chi connectivity index (χ4v) is 4.09. The minimum atomic E-state index is -0.225. The van der Waals surface area contributed by atoms with Crippen LogP contribution < -0.4 is 15.1 Å². The Balaban J connectivity index is 1.26. The first-order valence-corrected chi connectivity index (χ1v) is 11.2. The number of carbonyl (C=O) groups is 1. The van der Waals surface area contributed by atoms with E-state index in [0.717, 1.165) is 37.7 Å². The molecule has 2 aromatic carbocycles. The molecule has 0 saturated carbocycles. The number of thioether (sulfide) groups is 1. The highest BCUT2D eigenvalue weighted by atomic mass is 35.5. The molecule has 1 N–H and O–H groups in total. The maximum Gasteiger partial charge on any atom is 0.234 e. The maximum absolute atomic E-state index is 13.1. The Labute approximate surface area is 189 Å². The van der Waals surface area contributed by atoms with Crippen LogP contribution in [-0.4, -0.2) is 48.0 Å². The normalized spacial score (nSPS) is 13.9. The van der Waals surface area contributed by atoms with Gasteiger partial charge in [-0.3, -0.25) is 4.79 Å². The van der Waals surface area contributed by atoms with Crippen molar-refractivity contribution in [2.24, 2.45) is 0 Å². The number of anilines is 3. The van der Waals surface area contributed by atoms with Crippen molar-refractivity contribution in [2.75, 3.05) is 47.0 Å². The summed E-state index contributed by atoms with van der Waals surface area (Å²) in [5, 5.41) is 12.5. The van der Waals surface area contributed by atoms with Gasteiger partial charge in [-0.2, -0.15) is 0 Å². The third-order valence-electron chi connectivity index (χ3n) is 4.92. The van der Waals surface area contributed by atoms with Crippen molar-refractivity contribution in [1.82, 2.24) is 10.2 Å². The molecule has 0 atom stereocenters. The highest BCUT2D eigenvalue weighted by Crippen LogP contribution is 2.23. The van der Waals surface area contributed by atoms with Gasteiger partial charge in [0.2, 0.25) is 5.91 Å². The molecule has 6 nitrogen and oxygen atoms in total. The number of hydrogen-bond donors (Lipinski definition) is 1. The fourth-order valence-electron chi connectivity index (χ4n) is 3.29. The largest absolute Gasteiger partial charge is 0.368 e. The Hall–Kier alpha value is -2.84. The van der Waals surface area contributed by atoms with Crippen LogP contribution in [0, 0.1) is 5.82 Å². The van der Waals surface area contributed by atoms with Gasteiger partial charge in [0.05, 0.1) is 16.5 Å². The van der Waals surface area contributed by atoms with E-state index in [1.165, 1.54) is 23.9 Å². The number of nitrogens with zero attached hydrogens (tertiary/aromatic N) is 4. The Bertz CT molecular complexity index is 1030. The van der Waals surface area contributed by atoms with E-state index in [1.807, 2.05) is 24.3 Å². The molecule has 0 unspecified atom stereocenters. The molecule has 9 heteroatoms. The molecular weight excluding hydrogens is 437 g/mol. The van der Waals surface area contributed by atoms with Crippen LogP contribution >= 0.6 is 23.4 Å². The average molecular weight is 458 g/mol. The number of para-hydroxylation sites is 1. The van der Waals surface area contributed by atoms with Gasteiger partial charge in [0.25, 0.3) is 0 Å². The number of piperazine rings is 1. The molecular formula is C22H21ClFN5OS. The van der Waals surface area contributed by atoms with Gasteiger partial charge < -0.3 is 15.1 Å². The number of benzene rings is 2. The average Bonchev–Trinajstić information content (AvgIpc) is 2.80. The number of amides is 1. The van der Waals surface area contributed by atoms with Gasteiger partial charge in [0.15, 0.2) is 5.82 Å².